The number of aromatic nitrogens is 2. The van der Waals surface area contributed by atoms with Gasteiger partial charge in [0.05, 0.1) is 30.3 Å². The number of amides is 4. The van der Waals surface area contributed by atoms with Gasteiger partial charge in [-0.05, 0) is 43.1 Å². The van der Waals surface area contributed by atoms with Crippen molar-refractivity contribution in [3.05, 3.63) is 53.9 Å². The Bertz CT molecular complexity index is 1440. The topological polar surface area (TPSA) is 126 Å². The number of nitrogens with one attached hydrogen (secondary N) is 2. The second-order valence-electron chi connectivity index (χ2n) is 14.7. The van der Waals surface area contributed by atoms with E-state index < -0.39 is 23.5 Å². The Kier molecular flexibility index (Phi) is 8.98. The van der Waals surface area contributed by atoms with Crippen LogP contribution >= 0.6 is 0 Å². The number of rotatable bonds is 11. The molecular weight excluding hydrogens is 584 g/mol. The van der Waals surface area contributed by atoms with Gasteiger partial charge in [-0.25, -0.2) is 0 Å². The van der Waals surface area contributed by atoms with Gasteiger partial charge in [-0.2, -0.15) is 5.10 Å². The number of hydrogen-bond acceptors (Lipinski definition) is 6. The number of likely N-dealkylation sites (N-methyl/N-ethyl adjacent to an activating group) is 1. The summed E-state index contributed by atoms with van der Waals surface area (Å²) >= 11 is 0. The first kappa shape index (κ1) is 32.2. The maximum absolute atomic E-state index is 14.1. The van der Waals surface area contributed by atoms with Crippen LogP contribution in [0.2, 0.25) is 0 Å². The summed E-state index contributed by atoms with van der Waals surface area (Å²) in [5.74, 6) is -0.785. The van der Waals surface area contributed by atoms with Crippen LogP contribution < -0.4 is 10.6 Å². The SMILES string of the molecule is CNC(=O)[C@@H](NC(=O)[C@@H]1CN(C(=O)c2cnn(Cc3ccccc3)c2)CC12CN(C(=O)[C@H]1CC1(C)C)C2)[C@@H](C)OCC1CCCC1. The molecule has 4 aliphatic rings. The summed E-state index contributed by atoms with van der Waals surface area (Å²) in [5, 5.41) is 10.1. The van der Waals surface area contributed by atoms with Crippen LogP contribution in [0.4, 0.5) is 0 Å². The third-order valence-electron chi connectivity index (χ3n) is 10.8. The summed E-state index contributed by atoms with van der Waals surface area (Å²) in [6, 6.07) is 9.04. The molecule has 0 unspecified atom stereocenters. The number of carbonyl (C=O) groups excluding carboxylic acids is 4. The first-order valence-electron chi connectivity index (χ1n) is 16.8. The van der Waals surface area contributed by atoms with E-state index in [-0.39, 0.29) is 41.5 Å². The number of ether oxygens (including phenoxy) is 1. The smallest absolute Gasteiger partial charge is 0.257 e. The molecule has 2 aromatic rings. The van der Waals surface area contributed by atoms with E-state index in [4.69, 9.17) is 4.74 Å². The summed E-state index contributed by atoms with van der Waals surface area (Å²) in [7, 11) is 1.55. The second kappa shape index (κ2) is 12.8. The summed E-state index contributed by atoms with van der Waals surface area (Å²) in [6.45, 7) is 8.50. The summed E-state index contributed by atoms with van der Waals surface area (Å²) < 4.78 is 7.86. The molecule has 3 heterocycles. The van der Waals surface area contributed by atoms with Crippen molar-refractivity contribution in [3.8, 4) is 0 Å². The van der Waals surface area contributed by atoms with Crippen LogP contribution in [0.5, 0.6) is 0 Å². The molecule has 0 radical (unpaired) electrons. The molecule has 2 aliphatic carbocycles. The molecule has 2 saturated heterocycles. The molecule has 2 N–H and O–H groups in total. The number of hydrogen-bond donors (Lipinski definition) is 2. The Morgan fingerprint density at radius 1 is 1.02 bits per heavy atom. The number of carbonyl (C=O) groups is 4. The van der Waals surface area contributed by atoms with Crippen molar-refractivity contribution >= 4 is 23.6 Å². The highest BCUT2D eigenvalue weighted by Gasteiger charge is 2.62. The molecule has 1 spiro atoms. The van der Waals surface area contributed by atoms with E-state index in [1.165, 1.54) is 12.8 Å². The van der Waals surface area contributed by atoms with Gasteiger partial charge in [0.15, 0.2) is 0 Å². The van der Waals surface area contributed by atoms with Crippen LogP contribution in [0.25, 0.3) is 0 Å². The fourth-order valence-electron chi connectivity index (χ4n) is 7.66. The van der Waals surface area contributed by atoms with E-state index in [2.05, 4.69) is 29.6 Å². The molecule has 2 saturated carbocycles. The zero-order valence-corrected chi connectivity index (χ0v) is 27.5. The average molecular weight is 633 g/mol. The Morgan fingerprint density at radius 2 is 1.70 bits per heavy atom. The lowest BCUT2D eigenvalue weighted by Gasteiger charge is -2.50. The molecule has 4 atom stereocenters. The van der Waals surface area contributed by atoms with Crippen LogP contribution in [0, 0.1) is 28.6 Å². The predicted octanol–water partition coefficient (Wildman–Crippen LogP) is 2.70. The van der Waals surface area contributed by atoms with E-state index in [1.807, 2.05) is 42.2 Å². The minimum Gasteiger partial charge on any atom is -0.376 e. The third kappa shape index (κ3) is 6.56. The lowest BCUT2D eigenvalue weighted by molar-refractivity contribution is -0.152. The van der Waals surface area contributed by atoms with Crippen molar-refractivity contribution in [2.45, 2.75) is 71.6 Å². The Labute approximate surface area is 271 Å². The fraction of sp³-hybridized carbons (Fsp3) is 0.629. The number of nitrogens with zero attached hydrogens (tertiary/aromatic N) is 4. The third-order valence-corrected chi connectivity index (χ3v) is 10.8. The van der Waals surface area contributed by atoms with Crippen molar-refractivity contribution < 1.29 is 23.9 Å². The van der Waals surface area contributed by atoms with Gasteiger partial charge in [-0.1, -0.05) is 57.0 Å². The lowest BCUT2D eigenvalue weighted by Crippen LogP contribution is -2.65. The molecule has 11 nitrogen and oxygen atoms in total. The van der Waals surface area contributed by atoms with Crippen molar-refractivity contribution in [1.82, 2.24) is 30.2 Å². The van der Waals surface area contributed by atoms with Gasteiger partial charge in [-0.15, -0.1) is 0 Å². The van der Waals surface area contributed by atoms with E-state index in [1.54, 1.807) is 29.0 Å². The van der Waals surface area contributed by atoms with E-state index in [9.17, 15) is 19.2 Å². The molecule has 2 aliphatic heterocycles. The normalized spacial score (nSPS) is 24.3. The summed E-state index contributed by atoms with van der Waals surface area (Å²) in [5.41, 5.74) is 0.946. The summed E-state index contributed by atoms with van der Waals surface area (Å²) in [6.07, 6.45) is 8.29. The summed E-state index contributed by atoms with van der Waals surface area (Å²) in [4.78, 5) is 57.7. The highest BCUT2D eigenvalue weighted by molar-refractivity contribution is 5.95. The molecule has 1 aromatic heterocycles. The molecule has 1 aromatic carbocycles. The monoisotopic (exact) mass is 632 g/mol. The van der Waals surface area contributed by atoms with Gasteiger partial charge in [0.25, 0.3) is 5.91 Å². The first-order chi connectivity index (χ1) is 22.0. The van der Waals surface area contributed by atoms with E-state index in [0.29, 0.717) is 44.3 Å². The molecule has 4 amide bonds. The molecule has 4 fully saturated rings. The molecule has 0 bridgehead atoms. The quantitative estimate of drug-likeness (QED) is 0.393. The maximum atomic E-state index is 14.1. The zero-order valence-electron chi connectivity index (χ0n) is 27.5. The second-order valence-corrected chi connectivity index (χ2v) is 14.7. The van der Waals surface area contributed by atoms with Crippen LogP contribution in [0.1, 0.15) is 68.8 Å². The zero-order chi connectivity index (χ0) is 32.6. The van der Waals surface area contributed by atoms with Crippen LogP contribution in [-0.4, -0.2) is 95.2 Å². The highest BCUT2D eigenvalue weighted by atomic mass is 16.5. The van der Waals surface area contributed by atoms with Crippen LogP contribution in [-0.2, 0) is 25.7 Å². The van der Waals surface area contributed by atoms with E-state index >= 15 is 0 Å². The largest absolute Gasteiger partial charge is 0.376 e. The maximum Gasteiger partial charge on any atom is 0.257 e. The molecule has 11 heteroatoms. The van der Waals surface area contributed by atoms with Crippen molar-refractivity contribution in [1.29, 1.82) is 0 Å². The van der Waals surface area contributed by atoms with Crippen molar-refractivity contribution in [3.63, 3.8) is 0 Å². The Balaban J connectivity index is 1.17. The molecular formula is C35H48N6O5. The minimum absolute atomic E-state index is 0.00205. The van der Waals surface area contributed by atoms with Gasteiger partial charge in [-0.3, -0.25) is 23.9 Å². The number of benzene rings is 1. The van der Waals surface area contributed by atoms with Gasteiger partial charge in [0.1, 0.15) is 6.04 Å². The number of likely N-dealkylation sites (tertiary alicyclic amines) is 2. The van der Waals surface area contributed by atoms with Gasteiger partial charge < -0.3 is 25.2 Å². The minimum atomic E-state index is -0.873. The van der Waals surface area contributed by atoms with Crippen molar-refractivity contribution in [2.75, 3.05) is 39.8 Å². The standard InChI is InChI=1S/C35H48N6O5/c1-23(46-19-25-12-8-9-13-25)29(31(43)36-4)38-30(42)28-18-39(20-35(28)21-40(22-35)33(45)27-14-34(27,2)3)32(44)26-15-37-41(17-26)16-24-10-6-5-7-11-24/h5-7,10-11,15,17,23,25,27-29H,8-9,12-14,16,18-22H2,1-4H3,(H,36,43)(H,38,42)/t23-,27-,28+,29+/m1/s1. The first-order valence-corrected chi connectivity index (χ1v) is 16.8. The van der Waals surface area contributed by atoms with Gasteiger partial charge in [0.2, 0.25) is 17.7 Å². The molecule has 248 valence electrons. The Morgan fingerprint density at radius 3 is 2.35 bits per heavy atom. The van der Waals surface area contributed by atoms with Crippen molar-refractivity contribution in [2.24, 2.45) is 28.6 Å². The van der Waals surface area contributed by atoms with Crippen LogP contribution in [0.15, 0.2) is 42.7 Å². The Hall–Kier alpha value is -3.73. The van der Waals surface area contributed by atoms with Gasteiger partial charge in [0, 0.05) is 57.4 Å². The molecule has 46 heavy (non-hydrogen) atoms. The lowest BCUT2D eigenvalue weighted by atomic mass is 9.70. The molecule has 6 rings (SSSR count). The van der Waals surface area contributed by atoms with E-state index in [0.717, 1.165) is 24.8 Å². The fourth-order valence-corrected chi connectivity index (χ4v) is 7.66. The van der Waals surface area contributed by atoms with Gasteiger partial charge >= 0.3 is 0 Å². The van der Waals surface area contributed by atoms with Crippen LogP contribution in [0.3, 0.4) is 0 Å². The average Bonchev–Trinajstić information content (AvgIpc) is 3.54. The highest BCUT2D eigenvalue weighted by Crippen LogP contribution is 2.54. The predicted molar refractivity (Wildman–Crippen MR) is 171 cm³/mol.